The number of rotatable bonds is 4. The van der Waals surface area contributed by atoms with Gasteiger partial charge in [-0.05, 0) is 13.8 Å². The van der Waals surface area contributed by atoms with Crippen LogP contribution in [0, 0.1) is 0 Å². The molecule has 1 aromatic carbocycles. The summed E-state index contributed by atoms with van der Waals surface area (Å²) in [6.45, 7) is 3.75. The minimum absolute atomic E-state index is 0.0144. The molecule has 0 aliphatic carbocycles. The lowest BCUT2D eigenvalue weighted by Gasteiger charge is -2.03. The van der Waals surface area contributed by atoms with Crippen LogP contribution in [0.15, 0.2) is 30.5 Å². The third kappa shape index (κ3) is 2.70. The smallest absolute Gasteiger partial charge is 0.267 e. The molecule has 0 atom stereocenters. The summed E-state index contributed by atoms with van der Waals surface area (Å²) in [5.74, 6) is 0. The highest BCUT2D eigenvalue weighted by Gasteiger charge is 2.19. The van der Waals surface area contributed by atoms with Gasteiger partial charge in [-0.25, -0.2) is 8.78 Å². The Morgan fingerprint density at radius 2 is 1.84 bits per heavy atom. The van der Waals surface area contributed by atoms with Crippen LogP contribution in [-0.4, -0.2) is 16.1 Å². The van der Waals surface area contributed by atoms with Gasteiger partial charge in [-0.2, -0.15) is 5.10 Å². The van der Waals surface area contributed by atoms with Crippen molar-refractivity contribution in [3.8, 4) is 11.3 Å². The van der Waals surface area contributed by atoms with Crippen molar-refractivity contribution in [3.05, 3.63) is 41.6 Å². The highest BCUT2D eigenvalue weighted by atomic mass is 19.3. The number of halogens is 2. The number of hydrogen-bond acceptors (Lipinski definition) is 2. The van der Waals surface area contributed by atoms with Gasteiger partial charge in [-0.15, -0.1) is 0 Å². The quantitative estimate of drug-likeness (QED) is 0.785. The molecule has 0 aliphatic heterocycles. The second-order valence-electron chi connectivity index (χ2n) is 4.55. The van der Waals surface area contributed by atoms with Crippen LogP contribution in [-0.2, 0) is 0 Å². The van der Waals surface area contributed by atoms with Crippen molar-refractivity contribution in [2.24, 2.45) is 0 Å². The summed E-state index contributed by atoms with van der Waals surface area (Å²) in [5.41, 5.74) is 1.26. The zero-order valence-electron chi connectivity index (χ0n) is 10.7. The predicted octanol–water partition coefficient (Wildman–Crippen LogP) is 3.88. The Morgan fingerprint density at radius 3 is 2.32 bits per heavy atom. The maximum atomic E-state index is 13.0. The Balaban J connectivity index is 2.49. The lowest BCUT2D eigenvalue weighted by molar-refractivity contribution is 0.112. The van der Waals surface area contributed by atoms with E-state index in [2.05, 4.69) is 5.10 Å². The molecule has 19 heavy (non-hydrogen) atoms. The SMILES string of the molecule is CC(C)n1cc(C(F)F)c(-c2ccc(C=O)cc2)n1. The van der Waals surface area contributed by atoms with Crippen LogP contribution in [0.2, 0.25) is 0 Å². The van der Waals surface area contributed by atoms with Crippen LogP contribution >= 0.6 is 0 Å². The minimum Gasteiger partial charge on any atom is -0.298 e. The molecule has 0 N–H and O–H groups in total. The molecule has 2 aromatic rings. The molecule has 2 rings (SSSR count). The summed E-state index contributed by atoms with van der Waals surface area (Å²) in [5, 5.41) is 4.21. The average Bonchev–Trinajstić information content (AvgIpc) is 2.84. The maximum Gasteiger partial charge on any atom is 0.267 e. The number of alkyl halides is 2. The van der Waals surface area contributed by atoms with Gasteiger partial charge in [0.05, 0.1) is 5.56 Å². The summed E-state index contributed by atoms with van der Waals surface area (Å²) in [4.78, 5) is 10.6. The van der Waals surface area contributed by atoms with Gasteiger partial charge in [0.15, 0.2) is 0 Å². The number of aldehydes is 1. The van der Waals surface area contributed by atoms with Crippen molar-refractivity contribution in [2.75, 3.05) is 0 Å². The van der Waals surface area contributed by atoms with E-state index in [1.54, 1.807) is 24.3 Å². The first kappa shape index (κ1) is 13.4. The van der Waals surface area contributed by atoms with Crippen LogP contribution in [0.25, 0.3) is 11.3 Å². The molecule has 0 amide bonds. The number of benzene rings is 1. The van der Waals surface area contributed by atoms with Gasteiger partial charge in [0.2, 0.25) is 0 Å². The summed E-state index contributed by atoms with van der Waals surface area (Å²) in [7, 11) is 0. The van der Waals surface area contributed by atoms with E-state index in [1.807, 2.05) is 13.8 Å². The molecule has 5 heteroatoms. The number of hydrogen-bond donors (Lipinski definition) is 0. The van der Waals surface area contributed by atoms with E-state index < -0.39 is 6.43 Å². The number of carbonyl (C=O) groups is 1. The van der Waals surface area contributed by atoms with Gasteiger partial charge in [-0.3, -0.25) is 9.48 Å². The van der Waals surface area contributed by atoms with Gasteiger partial charge in [0.1, 0.15) is 12.0 Å². The predicted molar refractivity (Wildman–Crippen MR) is 68.4 cm³/mol. The highest BCUT2D eigenvalue weighted by molar-refractivity contribution is 5.76. The summed E-state index contributed by atoms with van der Waals surface area (Å²) in [6, 6.07) is 6.45. The van der Waals surface area contributed by atoms with Crippen molar-refractivity contribution in [1.82, 2.24) is 9.78 Å². The molecular formula is C14H14F2N2O. The molecule has 0 fully saturated rings. The third-order valence-electron chi connectivity index (χ3n) is 2.84. The Morgan fingerprint density at radius 1 is 1.21 bits per heavy atom. The van der Waals surface area contributed by atoms with E-state index in [-0.39, 0.29) is 17.3 Å². The molecule has 0 unspecified atom stereocenters. The lowest BCUT2D eigenvalue weighted by atomic mass is 10.1. The Labute approximate surface area is 109 Å². The second kappa shape index (κ2) is 5.30. The zero-order valence-corrected chi connectivity index (χ0v) is 10.7. The van der Waals surface area contributed by atoms with Crippen molar-refractivity contribution >= 4 is 6.29 Å². The molecular weight excluding hydrogens is 250 g/mol. The Kier molecular flexibility index (Phi) is 3.74. The van der Waals surface area contributed by atoms with Crippen molar-refractivity contribution in [3.63, 3.8) is 0 Å². The summed E-state index contributed by atoms with van der Waals surface area (Å²) >= 11 is 0. The van der Waals surface area contributed by atoms with E-state index in [9.17, 15) is 13.6 Å². The molecule has 0 radical (unpaired) electrons. The summed E-state index contributed by atoms with van der Waals surface area (Å²) < 4.78 is 27.6. The topological polar surface area (TPSA) is 34.9 Å². The summed E-state index contributed by atoms with van der Waals surface area (Å²) in [6.07, 6.45) is -0.490. The van der Waals surface area contributed by atoms with E-state index in [1.165, 1.54) is 10.9 Å². The van der Waals surface area contributed by atoms with Crippen molar-refractivity contribution in [2.45, 2.75) is 26.3 Å². The molecule has 100 valence electrons. The zero-order chi connectivity index (χ0) is 14.0. The van der Waals surface area contributed by atoms with Crippen LogP contribution in [0.5, 0.6) is 0 Å². The molecule has 0 saturated heterocycles. The highest BCUT2D eigenvalue weighted by Crippen LogP contribution is 2.30. The number of aromatic nitrogens is 2. The van der Waals surface area contributed by atoms with Crippen molar-refractivity contribution in [1.29, 1.82) is 0 Å². The van der Waals surface area contributed by atoms with Crippen LogP contribution < -0.4 is 0 Å². The molecule has 0 saturated carbocycles. The fourth-order valence-corrected chi connectivity index (χ4v) is 1.77. The first-order valence-electron chi connectivity index (χ1n) is 5.95. The fraction of sp³-hybridized carbons (Fsp3) is 0.286. The van der Waals surface area contributed by atoms with Crippen LogP contribution in [0.4, 0.5) is 8.78 Å². The minimum atomic E-state index is -2.58. The average molecular weight is 264 g/mol. The number of carbonyl (C=O) groups excluding carboxylic acids is 1. The van der Waals surface area contributed by atoms with Gasteiger partial charge >= 0.3 is 0 Å². The van der Waals surface area contributed by atoms with E-state index >= 15 is 0 Å². The Hall–Kier alpha value is -2.04. The first-order valence-corrected chi connectivity index (χ1v) is 5.95. The lowest BCUT2D eigenvalue weighted by Crippen LogP contribution is -2.00. The third-order valence-corrected chi connectivity index (χ3v) is 2.84. The second-order valence-corrected chi connectivity index (χ2v) is 4.55. The molecule has 0 spiro atoms. The first-order chi connectivity index (χ1) is 9.02. The molecule has 1 aromatic heterocycles. The van der Waals surface area contributed by atoms with Gasteiger partial charge < -0.3 is 0 Å². The molecule has 1 heterocycles. The Bertz CT molecular complexity index is 574. The van der Waals surface area contributed by atoms with Gasteiger partial charge in [0, 0.05) is 23.4 Å². The standard InChI is InChI=1S/C14H14F2N2O/c1-9(2)18-7-12(14(15)16)13(17-18)11-5-3-10(8-19)4-6-11/h3-9,14H,1-2H3. The molecule has 3 nitrogen and oxygen atoms in total. The van der Waals surface area contributed by atoms with E-state index in [0.29, 0.717) is 17.4 Å². The molecule has 0 aliphatic rings. The maximum absolute atomic E-state index is 13.0. The van der Waals surface area contributed by atoms with Gasteiger partial charge in [-0.1, -0.05) is 24.3 Å². The van der Waals surface area contributed by atoms with Gasteiger partial charge in [0.25, 0.3) is 6.43 Å². The molecule has 0 bridgehead atoms. The van der Waals surface area contributed by atoms with Crippen molar-refractivity contribution < 1.29 is 13.6 Å². The fourth-order valence-electron chi connectivity index (χ4n) is 1.77. The number of nitrogens with zero attached hydrogens (tertiary/aromatic N) is 2. The largest absolute Gasteiger partial charge is 0.298 e. The van der Waals surface area contributed by atoms with E-state index in [0.717, 1.165) is 0 Å². The van der Waals surface area contributed by atoms with Crippen LogP contribution in [0.3, 0.4) is 0 Å². The normalized spacial score (nSPS) is 11.3. The monoisotopic (exact) mass is 264 g/mol. The van der Waals surface area contributed by atoms with Crippen LogP contribution in [0.1, 0.15) is 42.2 Å². The van der Waals surface area contributed by atoms with E-state index in [4.69, 9.17) is 0 Å².